The molecule has 224 valence electrons. The molecule has 3 aromatic heterocycles. The molecule has 0 aliphatic carbocycles. The molecule has 0 saturated carbocycles. The molecule has 4 rings (SSSR count). The number of hydrogen-bond donors (Lipinski definition) is 2. The van der Waals surface area contributed by atoms with Gasteiger partial charge in [0, 0.05) is 44.7 Å². The summed E-state index contributed by atoms with van der Waals surface area (Å²) < 4.78 is 42.0. The fraction of sp³-hybridized carbons (Fsp3) is 0.379. The second kappa shape index (κ2) is 12.7. The number of halogens is 3. The Bertz CT molecular complexity index is 1570. The van der Waals surface area contributed by atoms with Crippen LogP contribution in [-0.4, -0.2) is 45.9 Å². The van der Waals surface area contributed by atoms with Gasteiger partial charge in [-0.05, 0) is 68.2 Å². The van der Waals surface area contributed by atoms with E-state index in [1.807, 2.05) is 6.20 Å². The number of amides is 1. The highest BCUT2D eigenvalue weighted by Gasteiger charge is 2.21. The van der Waals surface area contributed by atoms with E-state index in [1.54, 1.807) is 43.7 Å². The summed E-state index contributed by atoms with van der Waals surface area (Å²) in [4.78, 5) is 25.4. The number of carbonyl (C=O) groups excluding carboxylic acids is 1. The van der Waals surface area contributed by atoms with Crippen LogP contribution in [0.25, 0.3) is 22.2 Å². The van der Waals surface area contributed by atoms with Gasteiger partial charge in [0.05, 0.1) is 5.39 Å². The quantitative estimate of drug-likeness (QED) is 0.107. The van der Waals surface area contributed by atoms with Gasteiger partial charge in [-0.3, -0.25) is 5.32 Å². The van der Waals surface area contributed by atoms with Crippen molar-refractivity contribution in [3.63, 3.8) is 0 Å². The summed E-state index contributed by atoms with van der Waals surface area (Å²) in [5.41, 5.74) is 0.991. The summed E-state index contributed by atoms with van der Waals surface area (Å²) in [6.45, 7) is 12.7. The normalized spacial score (nSPS) is 12.0. The number of nitrogens with zero attached hydrogens (tertiary/aromatic N) is 4. The van der Waals surface area contributed by atoms with Crippen LogP contribution >= 0.6 is 11.6 Å². The molecule has 0 spiro atoms. The lowest BCUT2D eigenvalue weighted by atomic mass is 10.1. The van der Waals surface area contributed by atoms with Gasteiger partial charge in [-0.2, -0.15) is 4.98 Å². The average Bonchev–Trinajstić information content (AvgIpc) is 3.23. The van der Waals surface area contributed by atoms with E-state index in [1.165, 1.54) is 18.2 Å². The van der Waals surface area contributed by atoms with Gasteiger partial charge in [-0.25, -0.2) is 23.5 Å². The summed E-state index contributed by atoms with van der Waals surface area (Å²) in [5.74, 6) is -0.812. The van der Waals surface area contributed by atoms with Crippen LogP contribution in [0.4, 0.5) is 25.2 Å². The monoisotopic (exact) mass is 616 g/mol. The zero-order valence-electron chi connectivity index (χ0n) is 24.5. The number of nitrogens with one attached hydrogen (secondary N) is 2. The van der Waals surface area contributed by atoms with Crippen LogP contribution in [0.3, 0.4) is 0 Å². The lowest BCUT2D eigenvalue weighted by Gasteiger charge is -2.19. The zero-order chi connectivity index (χ0) is 30.7. The van der Waals surface area contributed by atoms with Crippen molar-refractivity contribution in [3.8, 4) is 11.1 Å². The number of anilines is 2. The Kier molecular flexibility index (Phi) is 9.49. The molecule has 0 radical (unpaired) electrons. The number of ether oxygens (including phenoxy) is 2. The van der Waals surface area contributed by atoms with Crippen molar-refractivity contribution in [2.24, 2.45) is 0 Å². The van der Waals surface area contributed by atoms with Crippen molar-refractivity contribution in [3.05, 3.63) is 65.2 Å². The lowest BCUT2D eigenvalue weighted by Crippen LogP contribution is -2.27. The maximum Gasteiger partial charge on any atom is 0.413 e. The second-order valence-electron chi connectivity index (χ2n) is 12.0. The molecular weight excluding hydrogens is 582 g/mol. The van der Waals surface area contributed by atoms with E-state index in [0.717, 1.165) is 6.04 Å². The highest BCUT2D eigenvalue weighted by Crippen LogP contribution is 2.36. The van der Waals surface area contributed by atoms with Crippen molar-refractivity contribution < 1.29 is 23.0 Å². The standard InChI is InChI=1S/C29H35ClF2N6O3Si/c1-29(2,3)41-28(39)35-23-14-18(10-11-33-23)20-16-38(17-40-12-13-42(4,5)6)26-24(20)25(36-27(30)37-26)34-15-19-21(31)8-7-9-22(19)32/h7-11,14,16H,12-13,15,17H2,1-6H3,(H,33,35,39)(H,34,36,37). The molecule has 2 N–H and O–H groups in total. The van der Waals surface area contributed by atoms with Gasteiger partial charge in [0.2, 0.25) is 5.28 Å². The van der Waals surface area contributed by atoms with Gasteiger partial charge in [0.15, 0.2) is 0 Å². The smallest absolute Gasteiger partial charge is 0.413 e. The average molecular weight is 617 g/mol. The van der Waals surface area contributed by atoms with E-state index in [9.17, 15) is 13.6 Å². The Morgan fingerprint density at radius 3 is 2.50 bits per heavy atom. The SMILES string of the molecule is CC(C)(C)OC(=O)Nc1cc(-c2cn(COCC[Si](C)(C)C)c3nc(Cl)nc(NCc4c(F)cccc4F)c23)ccn1. The number of carbonyl (C=O) groups is 1. The maximum atomic E-state index is 14.4. The number of hydrogen-bond acceptors (Lipinski definition) is 7. The van der Waals surface area contributed by atoms with E-state index in [0.29, 0.717) is 28.8 Å². The van der Waals surface area contributed by atoms with Crippen LogP contribution in [0.2, 0.25) is 31.0 Å². The predicted octanol–water partition coefficient (Wildman–Crippen LogP) is 7.70. The second-order valence-corrected chi connectivity index (χ2v) is 18.0. The molecule has 1 aromatic carbocycles. The Balaban J connectivity index is 1.74. The van der Waals surface area contributed by atoms with Crippen molar-refractivity contribution in [2.45, 2.75) is 65.3 Å². The number of fused-ring (bicyclic) bond motifs is 1. The number of benzene rings is 1. The van der Waals surface area contributed by atoms with Crippen molar-refractivity contribution in [1.29, 1.82) is 0 Å². The number of rotatable bonds is 10. The molecule has 0 bridgehead atoms. The molecule has 0 unspecified atom stereocenters. The zero-order valence-corrected chi connectivity index (χ0v) is 26.3. The van der Waals surface area contributed by atoms with Crippen LogP contribution in [0.1, 0.15) is 26.3 Å². The predicted molar refractivity (Wildman–Crippen MR) is 163 cm³/mol. The Labute approximate surface area is 249 Å². The summed E-state index contributed by atoms with van der Waals surface area (Å²) in [5, 5.41) is 6.20. The molecule has 0 aliphatic heterocycles. The molecule has 0 saturated heterocycles. The Morgan fingerprint density at radius 2 is 1.83 bits per heavy atom. The van der Waals surface area contributed by atoms with E-state index in [4.69, 9.17) is 21.1 Å². The van der Waals surface area contributed by atoms with Gasteiger partial charge in [-0.15, -0.1) is 0 Å². The molecule has 0 aliphatic rings. The molecule has 1 amide bonds. The fourth-order valence-electron chi connectivity index (χ4n) is 4.09. The first-order valence-electron chi connectivity index (χ1n) is 13.5. The van der Waals surface area contributed by atoms with Gasteiger partial charge in [0.1, 0.15) is 41.2 Å². The van der Waals surface area contributed by atoms with E-state index in [-0.39, 0.29) is 35.8 Å². The molecule has 0 atom stereocenters. The first-order chi connectivity index (χ1) is 19.7. The van der Waals surface area contributed by atoms with Crippen LogP contribution in [0, 0.1) is 11.6 Å². The minimum atomic E-state index is -1.31. The maximum absolute atomic E-state index is 14.4. The molecule has 3 heterocycles. The minimum Gasteiger partial charge on any atom is -0.444 e. The van der Waals surface area contributed by atoms with Crippen LogP contribution in [0.15, 0.2) is 42.7 Å². The Hall–Kier alpha value is -3.61. The van der Waals surface area contributed by atoms with Crippen LogP contribution in [-0.2, 0) is 22.7 Å². The molecule has 13 heteroatoms. The fourth-order valence-corrected chi connectivity index (χ4v) is 5.02. The third kappa shape index (κ3) is 8.23. The topological polar surface area (TPSA) is 103 Å². The van der Waals surface area contributed by atoms with E-state index < -0.39 is 31.4 Å². The molecule has 9 nitrogen and oxygen atoms in total. The Morgan fingerprint density at radius 1 is 1.12 bits per heavy atom. The summed E-state index contributed by atoms with van der Waals surface area (Å²) >= 11 is 6.32. The van der Waals surface area contributed by atoms with Crippen molar-refractivity contribution in [1.82, 2.24) is 19.5 Å². The van der Waals surface area contributed by atoms with Crippen molar-refractivity contribution in [2.75, 3.05) is 17.2 Å². The van der Waals surface area contributed by atoms with Gasteiger partial charge in [-0.1, -0.05) is 25.7 Å². The highest BCUT2D eigenvalue weighted by molar-refractivity contribution is 6.76. The van der Waals surface area contributed by atoms with Crippen LogP contribution in [0.5, 0.6) is 0 Å². The van der Waals surface area contributed by atoms with Crippen LogP contribution < -0.4 is 10.6 Å². The first kappa shape index (κ1) is 31.3. The highest BCUT2D eigenvalue weighted by atomic mass is 35.5. The van der Waals surface area contributed by atoms with Gasteiger partial charge in [0.25, 0.3) is 0 Å². The summed E-state index contributed by atoms with van der Waals surface area (Å²) in [6, 6.07) is 8.13. The summed E-state index contributed by atoms with van der Waals surface area (Å²) in [6.07, 6.45) is 2.75. The van der Waals surface area contributed by atoms with E-state index >= 15 is 0 Å². The third-order valence-corrected chi connectivity index (χ3v) is 7.98. The van der Waals surface area contributed by atoms with E-state index in [2.05, 4.69) is 45.2 Å². The number of pyridine rings is 1. The van der Waals surface area contributed by atoms with Gasteiger partial charge >= 0.3 is 6.09 Å². The minimum absolute atomic E-state index is 0.0472. The molecule has 4 aromatic rings. The van der Waals surface area contributed by atoms with Crippen molar-refractivity contribution >= 4 is 48.4 Å². The molecule has 42 heavy (non-hydrogen) atoms. The third-order valence-electron chi connectivity index (χ3n) is 6.11. The molecular formula is C29H35ClF2N6O3Si. The van der Waals surface area contributed by atoms with Gasteiger partial charge < -0.3 is 19.4 Å². The molecule has 0 fully saturated rings. The summed E-state index contributed by atoms with van der Waals surface area (Å²) in [7, 11) is -1.31. The first-order valence-corrected chi connectivity index (χ1v) is 17.6. The largest absolute Gasteiger partial charge is 0.444 e. The lowest BCUT2D eigenvalue weighted by molar-refractivity contribution is 0.0635. The number of aromatic nitrogens is 4.